The number of rotatable bonds is 9. The van der Waals surface area contributed by atoms with Crippen molar-refractivity contribution in [3.05, 3.63) is 75.6 Å². The fourth-order valence-corrected chi connectivity index (χ4v) is 3.99. The number of benzene rings is 2. The first-order valence-corrected chi connectivity index (χ1v) is 11.3. The summed E-state index contributed by atoms with van der Waals surface area (Å²) in [5.74, 6) is 0.210. The number of nitro benzene ring substituents is 1. The molecule has 0 bridgehead atoms. The molecule has 0 unspecified atom stereocenters. The van der Waals surface area contributed by atoms with Gasteiger partial charge in [-0.1, -0.05) is 30.0 Å². The molecule has 3 rings (SSSR count). The molecule has 0 radical (unpaired) electrons. The molecular formula is C22H24N6O4S. The number of nitro groups is 1. The number of amides is 2. The molecular weight excluding hydrogens is 444 g/mol. The summed E-state index contributed by atoms with van der Waals surface area (Å²) in [6, 6.07) is 12.6. The molecule has 0 aliphatic carbocycles. The van der Waals surface area contributed by atoms with Gasteiger partial charge in [0.1, 0.15) is 0 Å². The lowest BCUT2D eigenvalue weighted by Gasteiger charge is -2.16. The second-order valence-electron chi connectivity index (χ2n) is 7.24. The van der Waals surface area contributed by atoms with Crippen molar-refractivity contribution in [3.8, 4) is 0 Å². The van der Waals surface area contributed by atoms with Crippen LogP contribution in [0.3, 0.4) is 0 Å². The lowest BCUT2D eigenvalue weighted by molar-refractivity contribution is -0.384. The van der Waals surface area contributed by atoms with Crippen molar-refractivity contribution < 1.29 is 14.5 Å². The van der Waals surface area contributed by atoms with Gasteiger partial charge >= 0.3 is 0 Å². The van der Waals surface area contributed by atoms with E-state index in [1.807, 2.05) is 43.5 Å². The summed E-state index contributed by atoms with van der Waals surface area (Å²) in [6.45, 7) is 6.22. The fourth-order valence-electron chi connectivity index (χ4n) is 3.18. The van der Waals surface area contributed by atoms with Crippen LogP contribution in [0.2, 0.25) is 0 Å². The highest BCUT2D eigenvalue weighted by Gasteiger charge is 2.20. The highest BCUT2D eigenvalue weighted by atomic mass is 32.2. The Kier molecular flexibility index (Phi) is 7.78. The molecule has 1 atom stereocenters. The van der Waals surface area contributed by atoms with E-state index in [2.05, 4.69) is 20.8 Å². The van der Waals surface area contributed by atoms with Gasteiger partial charge in [-0.15, -0.1) is 10.2 Å². The number of thioether (sulfide) groups is 1. The molecule has 0 spiro atoms. The van der Waals surface area contributed by atoms with Gasteiger partial charge in [0.05, 0.1) is 16.7 Å². The van der Waals surface area contributed by atoms with Crippen molar-refractivity contribution in [1.82, 2.24) is 20.1 Å². The molecule has 0 aliphatic rings. The fraction of sp³-hybridized carbons (Fsp3) is 0.273. The minimum atomic E-state index is -0.499. The van der Waals surface area contributed by atoms with Gasteiger partial charge < -0.3 is 15.2 Å². The van der Waals surface area contributed by atoms with E-state index in [-0.39, 0.29) is 29.3 Å². The van der Waals surface area contributed by atoms with Crippen molar-refractivity contribution in [2.24, 2.45) is 0 Å². The van der Waals surface area contributed by atoms with Crippen molar-refractivity contribution >= 4 is 35.0 Å². The molecule has 10 nitrogen and oxygen atoms in total. The Morgan fingerprint density at radius 1 is 1.15 bits per heavy atom. The molecule has 3 aromatic rings. The Morgan fingerprint density at radius 2 is 1.85 bits per heavy atom. The van der Waals surface area contributed by atoms with Crippen molar-refractivity contribution in [2.75, 3.05) is 11.1 Å². The van der Waals surface area contributed by atoms with E-state index in [0.717, 1.165) is 5.56 Å². The summed E-state index contributed by atoms with van der Waals surface area (Å²) < 4.78 is 1.85. The van der Waals surface area contributed by atoms with Crippen LogP contribution < -0.4 is 10.6 Å². The molecule has 0 saturated heterocycles. The highest BCUT2D eigenvalue weighted by molar-refractivity contribution is 7.99. The first kappa shape index (κ1) is 23.9. The lowest BCUT2D eigenvalue weighted by Crippen LogP contribution is -2.29. The SMILES string of the molecule is CCn1c(SCC(=O)Nc2ccc([N+](=O)[O-])cc2)nnc1[C@@H](C)NC(=O)c1ccccc1C. The molecule has 33 heavy (non-hydrogen) atoms. The number of non-ortho nitro benzene ring substituents is 1. The van der Waals surface area contributed by atoms with Gasteiger partial charge in [0, 0.05) is 29.9 Å². The summed E-state index contributed by atoms with van der Waals surface area (Å²) in [5.41, 5.74) is 1.91. The largest absolute Gasteiger partial charge is 0.342 e. The maximum atomic E-state index is 12.6. The first-order chi connectivity index (χ1) is 15.8. The second kappa shape index (κ2) is 10.7. The van der Waals surface area contributed by atoms with Crippen molar-refractivity contribution in [2.45, 2.75) is 38.5 Å². The Bertz CT molecular complexity index is 1160. The summed E-state index contributed by atoms with van der Waals surface area (Å²) in [4.78, 5) is 35.2. The van der Waals surface area contributed by atoms with Crippen LogP contribution in [0.5, 0.6) is 0 Å². The first-order valence-electron chi connectivity index (χ1n) is 10.3. The van der Waals surface area contributed by atoms with E-state index >= 15 is 0 Å². The average molecular weight is 469 g/mol. The predicted molar refractivity (Wildman–Crippen MR) is 125 cm³/mol. The normalized spacial score (nSPS) is 11.6. The Hall–Kier alpha value is -3.73. The Morgan fingerprint density at radius 3 is 2.48 bits per heavy atom. The summed E-state index contributed by atoms with van der Waals surface area (Å²) in [7, 11) is 0. The van der Waals surface area contributed by atoms with Gasteiger partial charge in [-0.25, -0.2) is 0 Å². The number of aryl methyl sites for hydroxylation is 1. The van der Waals surface area contributed by atoms with Crippen LogP contribution in [0.4, 0.5) is 11.4 Å². The number of hydrogen-bond donors (Lipinski definition) is 2. The zero-order valence-corrected chi connectivity index (χ0v) is 19.3. The standard InChI is InChI=1S/C22H24N6O4S/c1-4-27-20(15(3)23-21(30)18-8-6-5-7-14(18)2)25-26-22(27)33-13-19(29)24-16-9-11-17(12-10-16)28(31)32/h5-12,15H,4,13H2,1-3H3,(H,23,30)(H,24,29)/t15-/m1/s1. The second-order valence-corrected chi connectivity index (χ2v) is 8.18. The quantitative estimate of drug-likeness (QED) is 0.278. The average Bonchev–Trinajstić information content (AvgIpc) is 3.21. The van der Waals surface area contributed by atoms with E-state index in [9.17, 15) is 19.7 Å². The molecule has 0 saturated carbocycles. The van der Waals surface area contributed by atoms with Crippen molar-refractivity contribution in [3.63, 3.8) is 0 Å². The topological polar surface area (TPSA) is 132 Å². The number of carbonyl (C=O) groups is 2. The lowest BCUT2D eigenvalue weighted by atomic mass is 10.1. The van der Waals surface area contributed by atoms with E-state index in [0.29, 0.717) is 28.8 Å². The number of carbonyl (C=O) groups excluding carboxylic acids is 2. The van der Waals surface area contributed by atoms with Gasteiger partial charge in [-0.2, -0.15) is 0 Å². The van der Waals surface area contributed by atoms with Crippen LogP contribution in [0.1, 0.15) is 41.6 Å². The monoisotopic (exact) mass is 468 g/mol. The third-order valence-electron chi connectivity index (χ3n) is 4.88. The maximum absolute atomic E-state index is 12.6. The Balaban J connectivity index is 1.61. The smallest absolute Gasteiger partial charge is 0.269 e. The number of hydrogen-bond acceptors (Lipinski definition) is 7. The molecule has 11 heteroatoms. The van der Waals surface area contributed by atoms with Crippen LogP contribution in [-0.4, -0.2) is 37.3 Å². The molecule has 1 heterocycles. The number of anilines is 1. The number of nitrogens with one attached hydrogen (secondary N) is 2. The predicted octanol–water partition coefficient (Wildman–Crippen LogP) is 3.74. The highest BCUT2D eigenvalue weighted by Crippen LogP contribution is 2.22. The third-order valence-corrected chi connectivity index (χ3v) is 5.85. The van der Waals surface area contributed by atoms with E-state index in [4.69, 9.17) is 0 Å². The maximum Gasteiger partial charge on any atom is 0.269 e. The van der Waals surface area contributed by atoms with Gasteiger partial charge in [0.25, 0.3) is 11.6 Å². The Labute approximate surface area is 194 Å². The van der Waals surface area contributed by atoms with Crippen molar-refractivity contribution in [1.29, 1.82) is 0 Å². The summed E-state index contributed by atoms with van der Waals surface area (Å²) in [6.07, 6.45) is 0. The molecule has 2 aromatic carbocycles. The van der Waals surface area contributed by atoms with Gasteiger partial charge in [0.2, 0.25) is 5.91 Å². The van der Waals surface area contributed by atoms with Crippen LogP contribution in [-0.2, 0) is 11.3 Å². The summed E-state index contributed by atoms with van der Waals surface area (Å²) in [5, 5.41) is 25.3. The van der Waals surface area contributed by atoms with Crippen LogP contribution in [0.15, 0.2) is 53.7 Å². The minimum absolute atomic E-state index is 0.0467. The molecule has 2 amide bonds. The van der Waals surface area contributed by atoms with Crippen LogP contribution in [0, 0.1) is 17.0 Å². The van der Waals surface area contributed by atoms with Crippen LogP contribution in [0.25, 0.3) is 0 Å². The number of nitrogens with zero attached hydrogens (tertiary/aromatic N) is 4. The van der Waals surface area contributed by atoms with Gasteiger partial charge in [0.15, 0.2) is 11.0 Å². The minimum Gasteiger partial charge on any atom is -0.342 e. The third kappa shape index (κ3) is 5.95. The van der Waals surface area contributed by atoms with E-state index in [1.54, 1.807) is 6.07 Å². The molecule has 0 fully saturated rings. The molecule has 0 aliphatic heterocycles. The molecule has 2 N–H and O–H groups in total. The zero-order valence-electron chi connectivity index (χ0n) is 18.4. The van der Waals surface area contributed by atoms with E-state index < -0.39 is 4.92 Å². The molecule has 172 valence electrons. The van der Waals surface area contributed by atoms with Gasteiger partial charge in [-0.3, -0.25) is 19.7 Å². The summed E-state index contributed by atoms with van der Waals surface area (Å²) >= 11 is 1.22. The van der Waals surface area contributed by atoms with Gasteiger partial charge in [-0.05, 0) is 44.5 Å². The van der Waals surface area contributed by atoms with Crippen LogP contribution >= 0.6 is 11.8 Å². The van der Waals surface area contributed by atoms with E-state index in [1.165, 1.54) is 36.0 Å². The molecule has 1 aromatic heterocycles. The zero-order chi connectivity index (χ0) is 24.0. The number of aromatic nitrogens is 3.